The second-order valence-corrected chi connectivity index (χ2v) is 6.43. The Morgan fingerprint density at radius 3 is 2.64 bits per heavy atom. The van der Waals surface area contributed by atoms with Crippen LogP contribution in [0.5, 0.6) is 0 Å². The number of anilines is 1. The molecule has 1 saturated heterocycles. The number of amides is 2. The smallest absolute Gasteiger partial charge is 0.319 e. The molecule has 22 heavy (non-hydrogen) atoms. The minimum absolute atomic E-state index is 0.109. The van der Waals surface area contributed by atoms with Crippen molar-refractivity contribution in [3.63, 3.8) is 0 Å². The molecule has 2 N–H and O–H groups in total. The first-order valence-electron chi connectivity index (χ1n) is 7.65. The highest BCUT2D eigenvalue weighted by Gasteiger charge is 2.20. The summed E-state index contributed by atoms with van der Waals surface area (Å²) in [5, 5.41) is 10.3. The molecular weight excluding hydrogens is 294 g/mol. The number of carbonyl (C=O) groups excluding carboxylic acids is 1. The lowest BCUT2D eigenvalue weighted by Crippen LogP contribution is -2.45. The minimum Gasteiger partial charge on any atom is -0.335 e. The average molecular weight is 315 g/mol. The van der Waals surface area contributed by atoms with E-state index in [9.17, 15) is 4.79 Å². The molecule has 1 aromatic carbocycles. The van der Waals surface area contributed by atoms with E-state index in [0.29, 0.717) is 0 Å². The number of carbonyl (C=O) groups is 1. The molecular formula is C17H21N3OS. The molecule has 0 atom stereocenters. The highest BCUT2D eigenvalue weighted by Crippen LogP contribution is 2.15. The summed E-state index contributed by atoms with van der Waals surface area (Å²) >= 11 is 1.75. The molecule has 0 bridgehead atoms. The molecule has 1 aromatic heterocycles. The molecule has 0 saturated carbocycles. The zero-order valence-electron chi connectivity index (χ0n) is 12.5. The molecule has 5 heteroatoms. The van der Waals surface area contributed by atoms with Crippen molar-refractivity contribution < 1.29 is 4.79 Å². The van der Waals surface area contributed by atoms with Crippen LogP contribution in [-0.2, 0) is 6.54 Å². The van der Waals surface area contributed by atoms with Gasteiger partial charge >= 0.3 is 6.03 Å². The van der Waals surface area contributed by atoms with Crippen molar-refractivity contribution in [3.05, 3.63) is 52.7 Å². The highest BCUT2D eigenvalue weighted by molar-refractivity contribution is 7.07. The Kier molecular flexibility index (Phi) is 5.08. The zero-order valence-corrected chi connectivity index (χ0v) is 13.3. The third kappa shape index (κ3) is 4.32. The Morgan fingerprint density at radius 1 is 1.18 bits per heavy atom. The van der Waals surface area contributed by atoms with Crippen molar-refractivity contribution in [2.24, 2.45) is 0 Å². The molecule has 0 unspecified atom stereocenters. The molecule has 1 aliphatic rings. The number of urea groups is 1. The summed E-state index contributed by atoms with van der Waals surface area (Å²) in [6, 6.07) is 11.9. The van der Waals surface area contributed by atoms with Crippen LogP contribution in [0.1, 0.15) is 18.4 Å². The van der Waals surface area contributed by atoms with Crippen LogP contribution >= 0.6 is 11.3 Å². The van der Waals surface area contributed by atoms with Crippen molar-refractivity contribution in [2.45, 2.75) is 25.4 Å². The van der Waals surface area contributed by atoms with Gasteiger partial charge < -0.3 is 10.6 Å². The number of thiophene rings is 1. The lowest BCUT2D eigenvalue weighted by Gasteiger charge is -2.32. The molecule has 4 nitrogen and oxygen atoms in total. The van der Waals surface area contributed by atoms with E-state index in [-0.39, 0.29) is 12.1 Å². The van der Waals surface area contributed by atoms with E-state index in [1.165, 1.54) is 5.56 Å². The number of rotatable bonds is 4. The number of hydrogen-bond acceptors (Lipinski definition) is 3. The number of nitrogens with one attached hydrogen (secondary N) is 2. The Morgan fingerprint density at radius 2 is 1.95 bits per heavy atom. The van der Waals surface area contributed by atoms with E-state index in [1.807, 2.05) is 30.3 Å². The quantitative estimate of drug-likeness (QED) is 0.906. The third-order valence-corrected chi connectivity index (χ3v) is 4.67. The van der Waals surface area contributed by atoms with Crippen molar-refractivity contribution >= 4 is 23.1 Å². The van der Waals surface area contributed by atoms with Crippen molar-refractivity contribution in [3.8, 4) is 0 Å². The summed E-state index contributed by atoms with van der Waals surface area (Å²) < 4.78 is 0. The van der Waals surface area contributed by atoms with Gasteiger partial charge in [-0.2, -0.15) is 11.3 Å². The van der Waals surface area contributed by atoms with E-state index in [4.69, 9.17) is 0 Å². The summed E-state index contributed by atoms with van der Waals surface area (Å²) in [6.45, 7) is 3.09. The van der Waals surface area contributed by atoms with Gasteiger partial charge in [-0.3, -0.25) is 4.90 Å². The Hall–Kier alpha value is -1.85. The van der Waals surface area contributed by atoms with Crippen LogP contribution in [0.2, 0.25) is 0 Å². The normalized spacial score (nSPS) is 16.4. The fourth-order valence-corrected chi connectivity index (χ4v) is 3.41. The lowest BCUT2D eigenvalue weighted by atomic mass is 10.0. The number of hydrogen-bond donors (Lipinski definition) is 2. The van der Waals surface area contributed by atoms with Crippen LogP contribution in [0.25, 0.3) is 0 Å². The second kappa shape index (κ2) is 7.42. The maximum absolute atomic E-state index is 12.0. The van der Waals surface area contributed by atoms with E-state index < -0.39 is 0 Å². The van der Waals surface area contributed by atoms with Crippen molar-refractivity contribution in [1.29, 1.82) is 0 Å². The minimum atomic E-state index is -0.109. The highest BCUT2D eigenvalue weighted by atomic mass is 32.1. The first-order valence-corrected chi connectivity index (χ1v) is 8.60. The predicted octanol–water partition coefficient (Wildman–Crippen LogP) is 3.53. The topological polar surface area (TPSA) is 44.4 Å². The maximum Gasteiger partial charge on any atom is 0.319 e. The van der Waals surface area contributed by atoms with E-state index in [1.54, 1.807) is 11.3 Å². The largest absolute Gasteiger partial charge is 0.335 e. The molecule has 3 rings (SSSR count). The van der Waals surface area contributed by atoms with Gasteiger partial charge in [0.1, 0.15) is 0 Å². The van der Waals surface area contributed by atoms with Gasteiger partial charge in [-0.15, -0.1) is 0 Å². The van der Waals surface area contributed by atoms with Gasteiger partial charge in [-0.05, 0) is 47.4 Å². The van der Waals surface area contributed by atoms with Gasteiger partial charge in [-0.1, -0.05) is 18.2 Å². The molecule has 2 aromatic rings. The third-order valence-electron chi connectivity index (χ3n) is 3.94. The maximum atomic E-state index is 12.0. The monoisotopic (exact) mass is 315 g/mol. The molecule has 1 fully saturated rings. The zero-order chi connectivity index (χ0) is 15.2. The summed E-state index contributed by atoms with van der Waals surface area (Å²) in [7, 11) is 0. The lowest BCUT2D eigenvalue weighted by molar-refractivity contribution is 0.190. The summed E-state index contributed by atoms with van der Waals surface area (Å²) in [4.78, 5) is 14.4. The number of benzene rings is 1. The van der Waals surface area contributed by atoms with Crippen molar-refractivity contribution in [2.75, 3.05) is 18.4 Å². The summed E-state index contributed by atoms with van der Waals surface area (Å²) in [5.41, 5.74) is 2.22. The summed E-state index contributed by atoms with van der Waals surface area (Å²) in [6.07, 6.45) is 2.01. The first-order chi connectivity index (χ1) is 10.8. The molecule has 1 aliphatic heterocycles. The van der Waals surface area contributed by atoms with Crippen LogP contribution in [0, 0.1) is 0 Å². The Bertz CT molecular complexity index is 577. The second-order valence-electron chi connectivity index (χ2n) is 5.65. The summed E-state index contributed by atoms with van der Waals surface area (Å²) in [5.74, 6) is 0. The Balaban J connectivity index is 1.41. The molecule has 0 aliphatic carbocycles. The standard InChI is InChI=1S/C17H21N3OS/c21-17(18-15-4-2-1-3-5-15)19-16-6-9-20(10-7-16)12-14-8-11-22-13-14/h1-5,8,11,13,16H,6-7,9-10,12H2,(H2,18,19,21). The number of piperidine rings is 1. The first kappa shape index (κ1) is 15.1. The number of nitrogens with zero attached hydrogens (tertiary/aromatic N) is 1. The predicted molar refractivity (Wildman–Crippen MR) is 91.2 cm³/mol. The van der Waals surface area contributed by atoms with Gasteiger partial charge in [0, 0.05) is 31.4 Å². The van der Waals surface area contributed by atoms with Gasteiger partial charge in [0.05, 0.1) is 0 Å². The van der Waals surface area contributed by atoms with Crippen LogP contribution in [0.15, 0.2) is 47.2 Å². The van der Waals surface area contributed by atoms with E-state index in [2.05, 4.69) is 32.4 Å². The van der Waals surface area contributed by atoms with E-state index in [0.717, 1.165) is 38.2 Å². The number of para-hydroxylation sites is 1. The fourth-order valence-electron chi connectivity index (χ4n) is 2.75. The average Bonchev–Trinajstić information content (AvgIpc) is 3.03. The molecule has 116 valence electrons. The fraction of sp³-hybridized carbons (Fsp3) is 0.353. The van der Waals surface area contributed by atoms with E-state index >= 15 is 0 Å². The number of likely N-dealkylation sites (tertiary alicyclic amines) is 1. The van der Waals surface area contributed by atoms with Crippen molar-refractivity contribution in [1.82, 2.24) is 10.2 Å². The molecule has 2 heterocycles. The van der Waals surface area contributed by atoms with Crippen LogP contribution in [0.3, 0.4) is 0 Å². The molecule has 0 radical (unpaired) electrons. The van der Waals surface area contributed by atoms with Crippen LogP contribution < -0.4 is 10.6 Å². The molecule has 2 amide bonds. The molecule has 0 spiro atoms. The van der Waals surface area contributed by atoms with Gasteiger partial charge in [-0.25, -0.2) is 4.79 Å². The van der Waals surface area contributed by atoms with Crippen LogP contribution in [-0.4, -0.2) is 30.1 Å². The Labute approximate surface area is 135 Å². The van der Waals surface area contributed by atoms with Gasteiger partial charge in [0.2, 0.25) is 0 Å². The SMILES string of the molecule is O=C(Nc1ccccc1)NC1CCN(Cc2ccsc2)CC1. The van der Waals surface area contributed by atoms with Crippen LogP contribution in [0.4, 0.5) is 10.5 Å². The van der Waals surface area contributed by atoms with Gasteiger partial charge in [0.15, 0.2) is 0 Å². The van der Waals surface area contributed by atoms with Gasteiger partial charge in [0.25, 0.3) is 0 Å².